The molecule has 2 aliphatic heterocycles. The third kappa shape index (κ3) is 9.97. The Bertz CT molecular complexity index is 1460. The Morgan fingerprint density at radius 3 is 2.42 bits per heavy atom. The van der Waals surface area contributed by atoms with Crippen LogP contribution in [0.4, 0.5) is 11.4 Å². The molecular weight excluding hydrogens is 619 g/mol. The van der Waals surface area contributed by atoms with Gasteiger partial charge in [0.2, 0.25) is 5.91 Å². The second-order valence-corrected chi connectivity index (χ2v) is 15.2. The third-order valence-electron chi connectivity index (χ3n) is 10.1. The minimum absolute atomic E-state index is 0.0135. The van der Waals surface area contributed by atoms with E-state index in [4.69, 9.17) is 9.47 Å². The Morgan fingerprint density at radius 2 is 1.62 bits per heavy atom. The van der Waals surface area contributed by atoms with Crippen LogP contribution in [0.3, 0.4) is 0 Å². The molecule has 0 unspecified atom stereocenters. The summed E-state index contributed by atoms with van der Waals surface area (Å²) in [5.74, 6) is 0.505. The number of fused-ring (bicyclic) bond motifs is 2. The summed E-state index contributed by atoms with van der Waals surface area (Å²) in [5, 5.41) is 3.56. The van der Waals surface area contributed by atoms with Crippen molar-refractivity contribution in [3.05, 3.63) is 53.4 Å². The maximum absolute atomic E-state index is 13.1. The first-order chi connectivity index (χ1) is 23.4. The summed E-state index contributed by atoms with van der Waals surface area (Å²) in [4.78, 5) is 32.7. The SMILES string of the molecule is CCCCCCCCCCC(C)(C)C(=O)OCN1C(=O)CCc2ccc(OCCCCN3CCN(c4cccc5sccc45)CC3)cc21. The van der Waals surface area contributed by atoms with Crippen LogP contribution < -0.4 is 14.5 Å². The van der Waals surface area contributed by atoms with Gasteiger partial charge in [0.1, 0.15) is 5.75 Å². The van der Waals surface area contributed by atoms with Crippen molar-refractivity contribution in [3.63, 3.8) is 0 Å². The number of piperazine rings is 1. The van der Waals surface area contributed by atoms with Crippen LogP contribution in [0, 0.1) is 5.41 Å². The smallest absolute Gasteiger partial charge is 0.313 e. The number of rotatable bonds is 19. The summed E-state index contributed by atoms with van der Waals surface area (Å²) in [6.45, 7) is 12.1. The van der Waals surface area contributed by atoms with Gasteiger partial charge in [-0.2, -0.15) is 0 Å². The number of nitrogens with zero attached hydrogens (tertiary/aromatic N) is 3. The summed E-state index contributed by atoms with van der Waals surface area (Å²) in [6, 6.07) is 14.9. The summed E-state index contributed by atoms with van der Waals surface area (Å²) in [6.07, 6.45) is 13.9. The second kappa shape index (κ2) is 18.1. The van der Waals surface area contributed by atoms with Gasteiger partial charge < -0.3 is 14.4 Å². The van der Waals surface area contributed by atoms with E-state index in [1.165, 1.54) is 54.3 Å². The molecule has 0 N–H and O–H groups in total. The highest BCUT2D eigenvalue weighted by Crippen LogP contribution is 2.33. The predicted octanol–water partition coefficient (Wildman–Crippen LogP) is 9.22. The van der Waals surface area contributed by atoms with Crippen molar-refractivity contribution in [1.82, 2.24) is 4.90 Å². The van der Waals surface area contributed by atoms with Crippen LogP contribution in [0.15, 0.2) is 47.8 Å². The molecule has 0 spiro atoms. The van der Waals surface area contributed by atoms with E-state index in [-0.39, 0.29) is 18.6 Å². The average molecular weight is 676 g/mol. The van der Waals surface area contributed by atoms with Gasteiger partial charge in [-0.1, -0.05) is 70.4 Å². The highest BCUT2D eigenvalue weighted by molar-refractivity contribution is 7.17. The number of thiophene rings is 1. The summed E-state index contributed by atoms with van der Waals surface area (Å²) < 4.78 is 13.3. The molecule has 0 saturated carbocycles. The zero-order valence-electron chi connectivity index (χ0n) is 29.6. The van der Waals surface area contributed by atoms with Crippen molar-refractivity contribution in [2.75, 3.05) is 55.9 Å². The second-order valence-electron chi connectivity index (χ2n) is 14.3. The lowest BCUT2D eigenvalue weighted by Crippen LogP contribution is -2.46. The molecule has 5 rings (SSSR count). The van der Waals surface area contributed by atoms with Crippen molar-refractivity contribution in [3.8, 4) is 5.75 Å². The highest BCUT2D eigenvalue weighted by atomic mass is 32.1. The molecule has 0 bridgehead atoms. The minimum Gasteiger partial charge on any atom is -0.494 e. The molecule has 0 atom stereocenters. The van der Waals surface area contributed by atoms with E-state index in [1.54, 1.807) is 4.90 Å². The molecule has 1 aromatic heterocycles. The molecule has 262 valence electrons. The number of anilines is 2. The molecule has 2 aliphatic rings. The van der Waals surface area contributed by atoms with E-state index in [0.717, 1.165) is 81.8 Å². The van der Waals surface area contributed by atoms with Crippen molar-refractivity contribution in [2.24, 2.45) is 5.41 Å². The summed E-state index contributed by atoms with van der Waals surface area (Å²) >= 11 is 1.81. The molecular formula is C40H57N3O4S. The van der Waals surface area contributed by atoms with E-state index < -0.39 is 5.41 Å². The molecule has 2 aromatic carbocycles. The molecule has 3 heterocycles. The van der Waals surface area contributed by atoms with Crippen molar-refractivity contribution in [1.29, 1.82) is 0 Å². The highest BCUT2D eigenvalue weighted by Gasteiger charge is 2.31. The van der Waals surface area contributed by atoms with Crippen LogP contribution >= 0.6 is 11.3 Å². The van der Waals surface area contributed by atoms with Gasteiger partial charge in [0.15, 0.2) is 6.73 Å². The third-order valence-corrected chi connectivity index (χ3v) is 11.0. The van der Waals surface area contributed by atoms with Gasteiger partial charge in [0, 0.05) is 54.4 Å². The first-order valence-electron chi connectivity index (χ1n) is 18.5. The maximum Gasteiger partial charge on any atom is 0.313 e. The number of hydrogen-bond donors (Lipinski definition) is 0. The number of amides is 1. The number of unbranched alkanes of at least 4 members (excludes halogenated alkanes) is 8. The number of aryl methyl sites for hydroxylation is 1. The van der Waals surface area contributed by atoms with Crippen LogP contribution in [0.25, 0.3) is 10.1 Å². The Balaban J connectivity index is 1.01. The largest absolute Gasteiger partial charge is 0.494 e. The first kappa shape index (κ1) is 36.2. The summed E-state index contributed by atoms with van der Waals surface area (Å²) in [7, 11) is 0. The van der Waals surface area contributed by atoms with Crippen LogP contribution in [0.2, 0.25) is 0 Å². The Kier molecular flexibility index (Phi) is 13.6. The van der Waals surface area contributed by atoms with E-state index in [9.17, 15) is 9.59 Å². The monoisotopic (exact) mass is 675 g/mol. The maximum atomic E-state index is 13.1. The van der Waals surface area contributed by atoms with Crippen LogP contribution in [-0.4, -0.2) is 62.8 Å². The number of ether oxygens (including phenoxy) is 2. The quantitative estimate of drug-likeness (QED) is 0.0933. The van der Waals surface area contributed by atoms with E-state index >= 15 is 0 Å². The number of benzene rings is 2. The van der Waals surface area contributed by atoms with Crippen molar-refractivity contribution in [2.45, 2.75) is 104 Å². The van der Waals surface area contributed by atoms with Gasteiger partial charge in [0.25, 0.3) is 0 Å². The van der Waals surface area contributed by atoms with Crippen LogP contribution in [0.1, 0.15) is 103 Å². The van der Waals surface area contributed by atoms with Crippen LogP contribution in [0.5, 0.6) is 5.75 Å². The molecule has 1 saturated heterocycles. The number of hydrogen-bond acceptors (Lipinski definition) is 7. The van der Waals surface area contributed by atoms with Crippen molar-refractivity contribution < 1.29 is 19.1 Å². The normalized spacial score (nSPS) is 15.6. The van der Waals surface area contributed by atoms with Gasteiger partial charge in [-0.15, -0.1) is 11.3 Å². The molecule has 3 aromatic rings. The Hall–Kier alpha value is -3.10. The lowest BCUT2D eigenvalue weighted by molar-refractivity contribution is -0.154. The molecule has 0 aliphatic carbocycles. The fourth-order valence-electron chi connectivity index (χ4n) is 6.96. The van der Waals surface area contributed by atoms with Gasteiger partial charge in [-0.05, 0) is 81.3 Å². The molecule has 1 fully saturated rings. The lowest BCUT2D eigenvalue weighted by atomic mass is 9.87. The molecule has 48 heavy (non-hydrogen) atoms. The zero-order valence-corrected chi connectivity index (χ0v) is 30.5. The van der Waals surface area contributed by atoms with E-state index in [1.807, 2.05) is 43.4 Å². The van der Waals surface area contributed by atoms with Crippen LogP contribution in [-0.2, 0) is 20.7 Å². The molecule has 7 nitrogen and oxygen atoms in total. The fraction of sp³-hybridized carbons (Fsp3) is 0.600. The van der Waals surface area contributed by atoms with E-state index in [2.05, 4.69) is 46.4 Å². The topological polar surface area (TPSA) is 62.3 Å². The molecule has 0 radical (unpaired) electrons. The average Bonchev–Trinajstić information content (AvgIpc) is 3.58. The van der Waals surface area contributed by atoms with E-state index in [0.29, 0.717) is 19.4 Å². The number of carbonyl (C=O) groups is 2. The van der Waals surface area contributed by atoms with Gasteiger partial charge >= 0.3 is 5.97 Å². The lowest BCUT2D eigenvalue weighted by Gasteiger charge is -2.36. The molecule has 8 heteroatoms. The first-order valence-corrected chi connectivity index (χ1v) is 19.4. The number of carbonyl (C=O) groups excluding carboxylic acids is 2. The standard InChI is InChI=1S/C40H57N3O4S/c1-4-5-6-7-8-9-10-11-22-40(2,3)39(45)47-31-43-36-30-33(19-17-32(36)18-20-38(43)44)46-28-13-12-23-41-24-26-42(27-25-41)35-15-14-16-37-34(35)21-29-48-37/h14-17,19,21,29-30H,4-13,18,20,22-28,31H2,1-3H3. The van der Waals surface area contributed by atoms with Crippen molar-refractivity contribution >= 4 is 44.7 Å². The fourth-order valence-corrected chi connectivity index (χ4v) is 7.77. The number of esters is 1. The van der Waals surface area contributed by atoms with Gasteiger partial charge in [-0.3, -0.25) is 19.4 Å². The minimum atomic E-state index is -0.568. The Labute approximate surface area is 292 Å². The zero-order chi connectivity index (χ0) is 33.8. The van der Waals surface area contributed by atoms with Gasteiger partial charge in [0.05, 0.1) is 17.7 Å². The predicted molar refractivity (Wildman–Crippen MR) is 199 cm³/mol. The molecule has 1 amide bonds. The summed E-state index contributed by atoms with van der Waals surface area (Å²) in [5.41, 5.74) is 2.68. The Morgan fingerprint density at radius 1 is 0.854 bits per heavy atom. The van der Waals surface area contributed by atoms with Gasteiger partial charge in [-0.25, -0.2) is 0 Å².